The maximum atomic E-state index is 11.4. The van der Waals surface area contributed by atoms with E-state index in [2.05, 4.69) is 10.6 Å². The molecule has 1 amide bonds. The first kappa shape index (κ1) is 18.1. The van der Waals surface area contributed by atoms with Gasteiger partial charge in [0.1, 0.15) is 0 Å². The van der Waals surface area contributed by atoms with Crippen LogP contribution in [0.25, 0.3) is 0 Å². The number of anilines is 1. The highest BCUT2D eigenvalue weighted by Crippen LogP contribution is 2.21. The van der Waals surface area contributed by atoms with E-state index < -0.39 is 10.0 Å². The minimum atomic E-state index is -3.11. The Balaban J connectivity index is 2.32. The maximum absolute atomic E-state index is 11.4. The van der Waals surface area contributed by atoms with Crippen molar-refractivity contribution in [3.63, 3.8) is 0 Å². The van der Waals surface area contributed by atoms with E-state index in [1.165, 1.54) is 17.5 Å². The van der Waals surface area contributed by atoms with E-state index in [1.807, 2.05) is 18.4 Å². The number of nitrogens with zero attached hydrogens (tertiary/aromatic N) is 1. The highest BCUT2D eigenvalue weighted by Gasteiger charge is 2.13. The molecule has 0 radical (unpaired) electrons. The number of nitrogens with one attached hydrogen (secondary N) is 2. The predicted molar refractivity (Wildman–Crippen MR) is 87.0 cm³/mol. The Hall–Kier alpha value is -0.960. The second kappa shape index (κ2) is 8.47. The molecule has 1 heterocycles. The van der Waals surface area contributed by atoms with Crippen LogP contribution in [0.4, 0.5) is 5.69 Å². The second-order valence-corrected chi connectivity index (χ2v) is 7.71. The van der Waals surface area contributed by atoms with Gasteiger partial charge in [0.05, 0.1) is 11.9 Å². The molecule has 2 N–H and O–H groups in total. The Kier molecular flexibility index (Phi) is 7.30. The molecular weight excluding hydrogens is 310 g/mol. The molecule has 0 fully saturated rings. The normalized spacial score (nSPS) is 11.8. The van der Waals surface area contributed by atoms with E-state index in [0.717, 1.165) is 23.5 Å². The summed E-state index contributed by atoms with van der Waals surface area (Å²) in [4.78, 5) is 12.1. The van der Waals surface area contributed by atoms with Gasteiger partial charge in [-0.05, 0) is 24.4 Å². The molecule has 0 spiro atoms. The van der Waals surface area contributed by atoms with Crippen LogP contribution < -0.4 is 10.6 Å². The van der Waals surface area contributed by atoms with Crippen LogP contribution in [-0.2, 0) is 21.4 Å². The molecule has 1 rings (SSSR count). The van der Waals surface area contributed by atoms with Crippen molar-refractivity contribution >= 4 is 33.0 Å². The third-order valence-electron chi connectivity index (χ3n) is 2.92. The van der Waals surface area contributed by atoms with Crippen LogP contribution in [0.5, 0.6) is 0 Å². The molecule has 0 unspecified atom stereocenters. The Morgan fingerprint density at radius 1 is 1.43 bits per heavy atom. The first-order valence-corrected chi connectivity index (χ1v) is 9.57. The highest BCUT2D eigenvalue weighted by atomic mass is 32.2. The van der Waals surface area contributed by atoms with Gasteiger partial charge in [-0.3, -0.25) is 4.79 Å². The molecule has 0 aliphatic rings. The van der Waals surface area contributed by atoms with Gasteiger partial charge in [0.15, 0.2) is 0 Å². The number of rotatable bonds is 9. The van der Waals surface area contributed by atoms with Gasteiger partial charge in [0.25, 0.3) is 0 Å². The van der Waals surface area contributed by atoms with E-state index in [0.29, 0.717) is 19.6 Å². The number of hydrogen-bond acceptors (Lipinski definition) is 5. The summed E-state index contributed by atoms with van der Waals surface area (Å²) >= 11 is 1.58. The van der Waals surface area contributed by atoms with Crippen molar-refractivity contribution in [2.75, 3.05) is 31.2 Å². The van der Waals surface area contributed by atoms with Gasteiger partial charge in [-0.1, -0.05) is 6.92 Å². The molecule has 8 heteroatoms. The lowest BCUT2D eigenvalue weighted by Gasteiger charge is -2.17. The summed E-state index contributed by atoms with van der Waals surface area (Å²) in [6.07, 6.45) is 1.98. The zero-order valence-electron chi connectivity index (χ0n) is 12.7. The number of thiophene rings is 1. The van der Waals surface area contributed by atoms with Gasteiger partial charge in [0.2, 0.25) is 15.9 Å². The van der Waals surface area contributed by atoms with E-state index in [9.17, 15) is 13.2 Å². The van der Waals surface area contributed by atoms with Crippen molar-refractivity contribution in [2.45, 2.75) is 26.8 Å². The summed E-state index contributed by atoms with van der Waals surface area (Å²) in [5.74, 6) is -0.0820. The molecule has 1 aromatic rings. The lowest BCUT2D eigenvalue weighted by atomic mass is 10.3. The second-order valence-electron chi connectivity index (χ2n) is 4.72. The van der Waals surface area contributed by atoms with Gasteiger partial charge >= 0.3 is 0 Å². The fraction of sp³-hybridized carbons (Fsp3) is 0.615. The average molecular weight is 333 g/mol. The first-order chi connectivity index (χ1) is 9.84. The molecule has 0 aromatic carbocycles. The van der Waals surface area contributed by atoms with Crippen LogP contribution in [-0.4, -0.2) is 44.5 Å². The molecule has 0 aliphatic carbocycles. The molecule has 0 saturated carbocycles. The number of sulfonamides is 1. The Labute approximate surface area is 130 Å². The summed E-state index contributed by atoms with van der Waals surface area (Å²) in [5.41, 5.74) is 0.839. The summed E-state index contributed by atoms with van der Waals surface area (Å²) in [6, 6.07) is 1.88. The SMILES string of the molecule is CCN(CCCNCc1sccc1NC(C)=O)S(C)(=O)=O. The molecule has 120 valence electrons. The van der Waals surface area contributed by atoms with E-state index in [-0.39, 0.29) is 5.91 Å². The molecule has 0 saturated heterocycles. The van der Waals surface area contributed by atoms with Gasteiger partial charge in [-0.25, -0.2) is 12.7 Å². The topological polar surface area (TPSA) is 78.5 Å². The lowest BCUT2D eigenvalue weighted by Crippen LogP contribution is -2.32. The van der Waals surface area contributed by atoms with Crippen molar-refractivity contribution in [3.05, 3.63) is 16.3 Å². The predicted octanol–water partition coefficient (Wildman–Crippen LogP) is 1.47. The lowest BCUT2D eigenvalue weighted by molar-refractivity contribution is -0.114. The van der Waals surface area contributed by atoms with Crippen molar-refractivity contribution in [3.8, 4) is 0 Å². The fourth-order valence-corrected chi connectivity index (χ4v) is 3.65. The minimum Gasteiger partial charge on any atom is -0.325 e. The standard InChI is InChI=1S/C13H23N3O3S2/c1-4-16(21(3,18)19)8-5-7-14-10-13-12(6-9-20-13)15-11(2)17/h6,9,14H,4-5,7-8,10H2,1-3H3,(H,15,17). The first-order valence-electron chi connectivity index (χ1n) is 6.84. The van der Waals surface area contributed by atoms with Crippen molar-refractivity contribution in [1.29, 1.82) is 0 Å². The molecular formula is C13H23N3O3S2. The summed E-state index contributed by atoms with van der Waals surface area (Å²) < 4.78 is 24.3. The average Bonchev–Trinajstić information content (AvgIpc) is 2.78. The zero-order chi connectivity index (χ0) is 15.9. The van der Waals surface area contributed by atoms with Crippen molar-refractivity contribution < 1.29 is 13.2 Å². The summed E-state index contributed by atoms with van der Waals surface area (Å²) in [6.45, 7) is 5.72. The van der Waals surface area contributed by atoms with Gasteiger partial charge < -0.3 is 10.6 Å². The smallest absolute Gasteiger partial charge is 0.221 e. The van der Waals surface area contributed by atoms with Crippen molar-refractivity contribution in [2.24, 2.45) is 0 Å². The third kappa shape index (κ3) is 6.56. The number of amides is 1. The molecule has 1 aromatic heterocycles. The molecule has 0 atom stereocenters. The van der Waals surface area contributed by atoms with Crippen molar-refractivity contribution in [1.82, 2.24) is 9.62 Å². The summed E-state index contributed by atoms with van der Waals surface area (Å²) in [5, 5.41) is 7.99. The Morgan fingerprint density at radius 2 is 2.14 bits per heavy atom. The Bertz CT molecular complexity index is 555. The highest BCUT2D eigenvalue weighted by molar-refractivity contribution is 7.88. The molecule has 0 aliphatic heterocycles. The van der Waals surface area contributed by atoms with Crippen LogP contribution in [0, 0.1) is 0 Å². The van der Waals surface area contributed by atoms with E-state index in [1.54, 1.807) is 11.3 Å². The van der Waals surface area contributed by atoms with E-state index in [4.69, 9.17) is 0 Å². The van der Waals surface area contributed by atoms with Crippen LogP contribution in [0.3, 0.4) is 0 Å². The summed E-state index contributed by atoms with van der Waals surface area (Å²) in [7, 11) is -3.11. The number of hydrogen-bond donors (Lipinski definition) is 2. The van der Waals surface area contributed by atoms with Crippen LogP contribution >= 0.6 is 11.3 Å². The largest absolute Gasteiger partial charge is 0.325 e. The van der Waals surface area contributed by atoms with Gasteiger partial charge in [-0.15, -0.1) is 11.3 Å². The van der Waals surface area contributed by atoms with Gasteiger partial charge in [0, 0.05) is 31.4 Å². The number of carbonyl (C=O) groups excluding carboxylic acids is 1. The fourth-order valence-electron chi connectivity index (χ4n) is 1.92. The zero-order valence-corrected chi connectivity index (χ0v) is 14.3. The maximum Gasteiger partial charge on any atom is 0.221 e. The minimum absolute atomic E-state index is 0.0820. The number of carbonyl (C=O) groups is 1. The Morgan fingerprint density at radius 3 is 2.71 bits per heavy atom. The van der Waals surface area contributed by atoms with Crippen LogP contribution in [0.1, 0.15) is 25.1 Å². The van der Waals surface area contributed by atoms with E-state index >= 15 is 0 Å². The quantitative estimate of drug-likeness (QED) is 0.671. The molecule has 21 heavy (non-hydrogen) atoms. The monoisotopic (exact) mass is 333 g/mol. The molecule has 0 bridgehead atoms. The van der Waals surface area contributed by atoms with Crippen LogP contribution in [0.2, 0.25) is 0 Å². The van der Waals surface area contributed by atoms with Crippen LogP contribution in [0.15, 0.2) is 11.4 Å². The van der Waals surface area contributed by atoms with Gasteiger partial charge in [-0.2, -0.15) is 0 Å². The third-order valence-corrected chi connectivity index (χ3v) is 5.22. The molecule has 6 nitrogen and oxygen atoms in total.